The van der Waals surface area contributed by atoms with Gasteiger partial charge in [0.2, 0.25) is 0 Å². The fourth-order valence-electron chi connectivity index (χ4n) is 4.54. The first kappa shape index (κ1) is 27.8. The monoisotopic (exact) mass is 617 g/mol. The molecular formula is C32H28BrNO5S. The standard InChI is InChI=1S/C32H28BrNO5S/c1-22-12-14-23(15-13-22)30(20-31(33)38-2)39-25-18-16-24(17-19-25)32(35)28-21-34(29-11-7-6-10-27(28)29)40(36,37)26-8-4-3-5-9-26/h3-19,21,30-31H,20H2,1-2H3. The average molecular weight is 619 g/mol. The second-order valence-electron chi connectivity index (χ2n) is 9.43. The number of halogens is 1. The van der Waals surface area contributed by atoms with Crippen LogP contribution in [0.5, 0.6) is 5.75 Å². The van der Waals surface area contributed by atoms with Crippen molar-refractivity contribution < 1.29 is 22.7 Å². The number of ketones is 1. The molecule has 0 saturated heterocycles. The quantitative estimate of drug-likeness (QED) is 0.121. The van der Waals surface area contributed by atoms with Crippen LogP contribution in [-0.4, -0.2) is 30.3 Å². The largest absolute Gasteiger partial charge is 0.486 e. The average Bonchev–Trinajstić information content (AvgIpc) is 3.38. The van der Waals surface area contributed by atoms with Crippen molar-refractivity contribution in [3.8, 4) is 5.75 Å². The van der Waals surface area contributed by atoms with Gasteiger partial charge in [-0.2, -0.15) is 0 Å². The lowest BCUT2D eigenvalue weighted by Crippen LogP contribution is -2.14. The molecule has 5 rings (SSSR count). The van der Waals surface area contributed by atoms with E-state index in [0.29, 0.717) is 34.2 Å². The zero-order chi connectivity index (χ0) is 28.3. The molecule has 0 N–H and O–H groups in total. The summed E-state index contributed by atoms with van der Waals surface area (Å²) in [7, 11) is -2.26. The molecule has 0 amide bonds. The number of nitrogens with zero attached hydrogens (tertiary/aromatic N) is 1. The van der Waals surface area contributed by atoms with E-state index in [2.05, 4.69) is 15.9 Å². The molecule has 0 saturated carbocycles. The van der Waals surface area contributed by atoms with Crippen molar-refractivity contribution in [3.05, 3.63) is 132 Å². The highest BCUT2D eigenvalue weighted by Gasteiger charge is 2.24. The summed E-state index contributed by atoms with van der Waals surface area (Å²) in [6.07, 6.45) is 1.72. The molecule has 0 aliphatic rings. The molecule has 0 radical (unpaired) electrons. The van der Waals surface area contributed by atoms with Gasteiger partial charge in [0, 0.05) is 36.2 Å². The molecule has 0 bridgehead atoms. The molecule has 0 aliphatic carbocycles. The van der Waals surface area contributed by atoms with Crippen LogP contribution < -0.4 is 4.74 Å². The van der Waals surface area contributed by atoms with Crippen LogP contribution in [0.2, 0.25) is 0 Å². The second kappa shape index (κ2) is 11.8. The lowest BCUT2D eigenvalue weighted by molar-refractivity contribution is 0.104. The van der Waals surface area contributed by atoms with E-state index in [1.54, 1.807) is 86.0 Å². The molecule has 5 aromatic rings. The van der Waals surface area contributed by atoms with Gasteiger partial charge in [-0.05, 0) is 55.0 Å². The number of aromatic nitrogens is 1. The number of hydrogen-bond acceptors (Lipinski definition) is 5. The Bertz CT molecular complexity index is 1730. The van der Waals surface area contributed by atoms with Crippen LogP contribution in [0.25, 0.3) is 10.9 Å². The smallest absolute Gasteiger partial charge is 0.268 e. The van der Waals surface area contributed by atoms with Crippen LogP contribution in [0, 0.1) is 6.92 Å². The summed E-state index contributed by atoms with van der Waals surface area (Å²) in [6.45, 7) is 2.03. The van der Waals surface area contributed by atoms with Gasteiger partial charge in [0.25, 0.3) is 10.0 Å². The second-order valence-corrected chi connectivity index (χ2v) is 12.3. The number of hydrogen-bond donors (Lipinski definition) is 0. The number of para-hydroxylation sites is 1. The molecule has 4 aromatic carbocycles. The van der Waals surface area contributed by atoms with E-state index < -0.39 is 10.0 Å². The Morgan fingerprint density at radius 1 is 0.875 bits per heavy atom. The molecule has 1 heterocycles. The van der Waals surface area contributed by atoms with Gasteiger partial charge in [-0.1, -0.05) is 82.2 Å². The first-order valence-electron chi connectivity index (χ1n) is 12.7. The number of alkyl halides is 1. The first-order chi connectivity index (χ1) is 19.3. The van der Waals surface area contributed by atoms with Gasteiger partial charge >= 0.3 is 0 Å². The number of methoxy groups -OCH3 is 1. The molecule has 2 unspecified atom stereocenters. The molecule has 40 heavy (non-hydrogen) atoms. The predicted octanol–water partition coefficient (Wildman–Crippen LogP) is 7.30. The van der Waals surface area contributed by atoms with E-state index in [-0.39, 0.29) is 21.8 Å². The third-order valence-electron chi connectivity index (χ3n) is 6.72. The molecule has 2 atom stereocenters. The molecule has 8 heteroatoms. The summed E-state index contributed by atoms with van der Waals surface area (Å²) in [5, 5.41) is 0.374. The summed E-state index contributed by atoms with van der Waals surface area (Å²) in [5.74, 6) is 0.326. The highest BCUT2D eigenvalue weighted by atomic mass is 79.9. The van der Waals surface area contributed by atoms with Gasteiger partial charge in [0.1, 0.15) is 16.9 Å². The normalized spacial score (nSPS) is 13.2. The number of carbonyl (C=O) groups excluding carboxylic acids is 1. The van der Waals surface area contributed by atoms with Crippen LogP contribution in [0.4, 0.5) is 0 Å². The lowest BCUT2D eigenvalue weighted by Gasteiger charge is -2.22. The SMILES string of the molecule is COC(Br)CC(Oc1ccc(C(=O)c2cn(S(=O)(=O)c3ccccc3)c3ccccc23)cc1)c1ccc(C)cc1. The van der Waals surface area contributed by atoms with Gasteiger partial charge in [-0.15, -0.1) is 0 Å². The third kappa shape index (κ3) is 5.75. The van der Waals surface area contributed by atoms with Gasteiger partial charge in [-0.25, -0.2) is 12.4 Å². The van der Waals surface area contributed by atoms with Crippen molar-refractivity contribution in [2.75, 3.05) is 7.11 Å². The maximum atomic E-state index is 13.6. The third-order valence-corrected chi connectivity index (χ3v) is 9.16. The van der Waals surface area contributed by atoms with Crippen LogP contribution in [0.3, 0.4) is 0 Å². The predicted molar refractivity (Wildman–Crippen MR) is 160 cm³/mol. The number of ether oxygens (including phenoxy) is 2. The van der Waals surface area contributed by atoms with Crippen LogP contribution in [0.1, 0.15) is 39.6 Å². The Labute approximate surface area is 242 Å². The Kier molecular flexibility index (Phi) is 8.21. The van der Waals surface area contributed by atoms with Crippen molar-refractivity contribution in [2.45, 2.75) is 29.4 Å². The van der Waals surface area contributed by atoms with Crippen molar-refractivity contribution in [1.29, 1.82) is 0 Å². The highest BCUT2D eigenvalue weighted by Crippen LogP contribution is 2.31. The van der Waals surface area contributed by atoms with E-state index in [9.17, 15) is 13.2 Å². The highest BCUT2D eigenvalue weighted by molar-refractivity contribution is 9.09. The summed E-state index contributed by atoms with van der Waals surface area (Å²) in [6, 6.07) is 30.2. The fourth-order valence-corrected chi connectivity index (χ4v) is 6.27. The Morgan fingerprint density at radius 3 is 2.20 bits per heavy atom. The minimum atomic E-state index is -3.89. The zero-order valence-electron chi connectivity index (χ0n) is 22.0. The number of carbonyl (C=O) groups is 1. The molecular weight excluding hydrogens is 590 g/mol. The minimum Gasteiger partial charge on any atom is -0.486 e. The number of fused-ring (bicyclic) bond motifs is 1. The van der Waals surface area contributed by atoms with Crippen LogP contribution in [0.15, 0.2) is 114 Å². The Hall–Kier alpha value is -3.72. The van der Waals surface area contributed by atoms with Crippen LogP contribution in [-0.2, 0) is 14.8 Å². The summed E-state index contributed by atoms with van der Waals surface area (Å²) in [5.41, 5.74) is 3.35. The number of rotatable bonds is 10. The van der Waals surface area contributed by atoms with Crippen LogP contribution >= 0.6 is 15.9 Å². The fraction of sp³-hybridized carbons (Fsp3) is 0.156. The zero-order valence-corrected chi connectivity index (χ0v) is 24.4. The Morgan fingerprint density at radius 2 is 1.52 bits per heavy atom. The van der Waals surface area contributed by atoms with E-state index in [0.717, 1.165) is 11.1 Å². The van der Waals surface area contributed by atoms with Crippen molar-refractivity contribution in [1.82, 2.24) is 3.97 Å². The topological polar surface area (TPSA) is 74.6 Å². The van der Waals surface area contributed by atoms with Crippen molar-refractivity contribution in [2.24, 2.45) is 0 Å². The minimum absolute atomic E-state index is 0.151. The van der Waals surface area contributed by atoms with Crippen molar-refractivity contribution >= 4 is 42.6 Å². The summed E-state index contributed by atoms with van der Waals surface area (Å²) in [4.78, 5) is 13.8. The molecule has 0 aliphatic heterocycles. The first-order valence-corrected chi connectivity index (χ1v) is 15.1. The summed E-state index contributed by atoms with van der Waals surface area (Å²) >= 11 is 3.52. The van der Waals surface area contributed by atoms with Gasteiger partial charge in [0.05, 0.1) is 10.4 Å². The molecule has 0 spiro atoms. The molecule has 1 aromatic heterocycles. The maximum Gasteiger partial charge on any atom is 0.268 e. The van der Waals surface area contributed by atoms with Gasteiger partial charge in [0.15, 0.2) is 5.78 Å². The molecule has 6 nitrogen and oxygen atoms in total. The van der Waals surface area contributed by atoms with E-state index in [1.807, 2.05) is 31.2 Å². The van der Waals surface area contributed by atoms with E-state index >= 15 is 0 Å². The van der Waals surface area contributed by atoms with E-state index in [1.165, 1.54) is 10.2 Å². The maximum absolute atomic E-state index is 13.6. The van der Waals surface area contributed by atoms with Gasteiger partial charge < -0.3 is 9.47 Å². The Balaban J connectivity index is 1.44. The molecule has 0 fully saturated rings. The van der Waals surface area contributed by atoms with Crippen molar-refractivity contribution in [3.63, 3.8) is 0 Å². The molecule has 204 valence electrons. The number of benzene rings is 4. The number of aryl methyl sites for hydroxylation is 1. The summed E-state index contributed by atoms with van der Waals surface area (Å²) < 4.78 is 39.7. The lowest BCUT2D eigenvalue weighted by atomic mass is 10.0. The van der Waals surface area contributed by atoms with Gasteiger partial charge in [-0.3, -0.25) is 4.79 Å². The van der Waals surface area contributed by atoms with E-state index in [4.69, 9.17) is 9.47 Å².